The summed E-state index contributed by atoms with van der Waals surface area (Å²) in [5, 5.41) is 15.1. The maximum Gasteiger partial charge on any atom is 0.181 e. The number of anilines is 1. The van der Waals surface area contributed by atoms with Gasteiger partial charge in [0.25, 0.3) is 0 Å². The van der Waals surface area contributed by atoms with Crippen molar-refractivity contribution in [2.45, 2.75) is 11.2 Å². The molecule has 4 rings (SSSR count). The van der Waals surface area contributed by atoms with E-state index in [4.69, 9.17) is 4.98 Å². The predicted molar refractivity (Wildman–Crippen MR) is 128 cm³/mol. The van der Waals surface area contributed by atoms with Gasteiger partial charge in [-0.25, -0.2) is 4.98 Å². The molecule has 0 amide bonds. The van der Waals surface area contributed by atoms with Crippen LogP contribution >= 0.6 is 15.9 Å². The summed E-state index contributed by atoms with van der Waals surface area (Å²) < 4.78 is 0. The van der Waals surface area contributed by atoms with E-state index < -0.39 is 0 Å². The van der Waals surface area contributed by atoms with Gasteiger partial charge in [-0.05, 0) is 29.7 Å². The Morgan fingerprint density at radius 1 is 1.33 bits per heavy atom. The van der Waals surface area contributed by atoms with Crippen LogP contribution in [0.3, 0.4) is 0 Å². The molecule has 3 N–H and O–H groups in total. The van der Waals surface area contributed by atoms with Gasteiger partial charge >= 0.3 is 0 Å². The fraction of sp³-hybridized carbons (Fsp3) is 0.174. The van der Waals surface area contributed by atoms with Crippen LogP contribution in [0.4, 0.5) is 5.69 Å². The zero-order valence-electron chi connectivity index (χ0n) is 16.5. The first kappa shape index (κ1) is 20.1. The summed E-state index contributed by atoms with van der Waals surface area (Å²) in [6.45, 7) is 5.22. The van der Waals surface area contributed by atoms with Gasteiger partial charge < -0.3 is 10.7 Å². The molecule has 2 aliphatic rings. The molecule has 152 valence electrons. The standard InChI is InChI=1S/C23H23BrN6/c1-2-5-16(12-17-14-26-27-15-17)13-25-21-7-4-3-6-20(21)23-28-22(29-30-23)18-8-10-19(24)11-9-18/h2-10,12,14,19,25,27H,1,11,13,15H2,(H,28,29,30)/b16-5+,17-12-. The van der Waals surface area contributed by atoms with E-state index in [9.17, 15) is 0 Å². The second kappa shape index (κ2) is 9.54. The Labute approximate surface area is 184 Å². The summed E-state index contributed by atoms with van der Waals surface area (Å²) in [6, 6.07) is 8.09. The number of nitrogens with zero attached hydrogens (tertiary/aromatic N) is 3. The van der Waals surface area contributed by atoms with Crippen LogP contribution in [-0.4, -0.2) is 39.3 Å². The number of aromatic nitrogens is 3. The minimum Gasteiger partial charge on any atom is -0.380 e. The molecule has 7 heteroatoms. The van der Waals surface area contributed by atoms with Gasteiger partial charge in [-0.15, -0.1) is 0 Å². The fourth-order valence-electron chi connectivity index (χ4n) is 3.26. The molecule has 1 aliphatic carbocycles. The Bertz CT molecular complexity index is 1070. The van der Waals surface area contributed by atoms with E-state index in [0.29, 0.717) is 17.2 Å². The fourth-order valence-corrected chi connectivity index (χ4v) is 3.60. The van der Waals surface area contributed by atoms with Crippen LogP contribution in [0.1, 0.15) is 12.2 Å². The third-order valence-corrected chi connectivity index (χ3v) is 5.44. The van der Waals surface area contributed by atoms with E-state index >= 15 is 0 Å². The highest BCUT2D eigenvalue weighted by Crippen LogP contribution is 2.28. The number of allylic oxidation sites excluding steroid dienone is 6. The van der Waals surface area contributed by atoms with Crippen molar-refractivity contribution >= 4 is 33.4 Å². The SMILES string of the molecule is C=C/C=C(\C=C1\C=NNC1)CNc1ccccc1-c1nc(C2=CCC(Br)C=C2)n[nH]1. The molecule has 1 atom stereocenters. The third kappa shape index (κ3) is 4.86. The van der Waals surface area contributed by atoms with E-state index in [0.717, 1.165) is 46.8 Å². The summed E-state index contributed by atoms with van der Waals surface area (Å²) in [7, 11) is 0. The molecule has 0 fully saturated rings. The van der Waals surface area contributed by atoms with Gasteiger partial charge in [0.15, 0.2) is 11.6 Å². The number of nitrogens with one attached hydrogen (secondary N) is 3. The second-order valence-electron chi connectivity index (χ2n) is 6.97. The van der Waals surface area contributed by atoms with Crippen molar-refractivity contribution < 1.29 is 0 Å². The molecule has 2 heterocycles. The molecule has 0 spiro atoms. The largest absolute Gasteiger partial charge is 0.380 e. The number of alkyl halides is 1. The van der Waals surface area contributed by atoms with Crippen LogP contribution in [0.5, 0.6) is 0 Å². The number of halogens is 1. The predicted octanol–water partition coefficient (Wildman–Crippen LogP) is 4.62. The Morgan fingerprint density at radius 2 is 2.23 bits per heavy atom. The Hall–Kier alpha value is -3.19. The first-order chi connectivity index (χ1) is 14.7. The van der Waals surface area contributed by atoms with Gasteiger partial charge in [-0.3, -0.25) is 5.10 Å². The first-order valence-corrected chi connectivity index (χ1v) is 10.7. The lowest BCUT2D eigenvalue weighted by Crippen LogP contribution is -2.07. The second-order valence-corrected chi connectivity index (χ2v) is 8.14. The van der Waals surface area contributed by atoms with Gasteiger partial charge in [0.1, 0.15) is 0 Å². The van der Waals surface area contributed by atoms with Gasteiger partial charge in [0, 0.05) is 28.2 Å². The van der Waals surface area contributed by atoms with E-state index in [2.05, 4.69) is 72.9 Å². The lowest BCUT2D eigenvalue weighted by atomic mass is 10.1. The molecule has 30 heavy (non-hydrogen) atoms. The third-order valence-electron chi connectivity index (χ3n) is 4.76. The summed E-state index contributed by atoms with van der Waals surface area (Å²) in [4.78, 5) is 5.10. The summed E-state index contributed by atoms with van der Waals surface area (Å²) in [6.07, 6.45) is 15.0. The zero-order valence-corrected chi connectivity index (χ0v) is 18.1. The Balaban J connectivity index is 1.52. The highest BCUT2D eigenvalue weighted by Gasteiger charge is 2.14. The monoisotopic (exact) mass is 462 g/mol. The zero-order chi connectivity index (χ0) is 20.8. The van der Waals surface area contributed by atoms with Crippen molar-refractivity contribution in [1.29, 1.82) is 0 Å². The van der Waals surface area contributed by atoms with Gasteiger partial charge in [0.2, 0.25) is 0 Å². The quantitative estimate of drug-likeness (QED) is 0.414. The first-order valence-electron chi connectivity index (χ1n) is 9.79. The van der Waals surface area contributed by atoms with Gasteiger partial charge in [-0.1, -0.05) is 71.1 Å². The number of H-pyrrole nitrogens is 1. The smallest absolute Gasteiger partial charge is 0.181 e. The van der Waals surface area contributed by atoms with Crippen molar-refractivity contribution in [2.24, 2.45) is 5.10 Å². The van der Waals surface area contributed by atoms with Crippen molar-refractivity contribution in [3.8, 4) is 11.4 Å². The molecule has 1 unspecified atom stereocenters. The van der Waals surface area contributed by atoms with Crippen molar-refractivity contribution in [3.05, 3.63) is 84.3 Å². The number of hydrogen-bond donors (Lipinski definition) is 3. The number of hydrogen-bond acceptors (Lipinski definition) is 5. The van der Waals surface area contributed by atoms with Gasteiger partial charge in [0.05, 0.1) is 12.8 Å². The lowest BCUT2D eigenvalue weighted by molar-refractivity contribution is 0.855. The molecule has 0 saturated heterocycles. The summed E-state index contributed by atoms with van der Waals surface area (Å²) in [5.41, 5.74) is 8.20. The normalized spacial score (nSPS) is 19.6. The summed E-state index contributed by atoms with van der Waals surface area (Å²) in [5.74, 6) is 1.45. The molecule has 0 saturated carbocycles. The average Bonchev–Trinajstić information content (AvgIpc) is 3.45. The lowest BCUT2D eigenvalue weighted by Gasteiger charge is -2.11. The Morgan fingerprint density at radius 3 is 3.00 bits per heavy atom. The van der Waals surface area contributed by atoms with E-state index in [-0.39, 0.29) is 0 Å². The van der Waals surface area contributed by atoms with Crippen LogP contribution in [-0.2, 0) is 0 Å². The van der Waals surface area contributed by atoms with Crippen LogP contribution in [0, 0.1) is 0 Å². The van der Waals surface area contributed by atoms with Crippen molar-refractivity contribution in [2.75, 3.05) is 18.4 Å². The molecule has 2 aromatic rings. The van der Waals surface area contributed by atoms with E-state index in [1.165, 1.54) is 0 Å². The molecule has 1 aliphatic heterocycles. The van der Waals surface area contributed by atoms with Crippen molar-refractivity contribution in [3.63, 3.8) is 0 Å². The number of rotatable bonds is 7. The minimum absolute atomic E-state index is 0.378. The minimum atomic E-state index is 0.378. The molecular weight excluding hydrogens is 440 g/mol. The molecule has 0 radical (unpaired) electrons. The maximum atomic E-state index is 4.73. The molecule has 1 aromatic carbocycles. The van der Waals surface area contributed by atoms with E-state index in [1.54, 1.807) is 6.08 Å². The highest BCUT2D eigenvalue weighted by atomic mass is 79.9. The van der Waals surface area contributed by atoms with Crippen LogP contribution in [0.2, 0.25) is 0 Å². The number of para-hydroxylation sites is 1. The number of hydrazone groups is 1. The molecular formula is C23H23BrN6. The average molecular weight is 463 g/mol. The van der Waals surface area contributed by atoms with Crippen molar-refractivity contribution in [1.82, 2.24) is 20.6 Å². The van der Waals surface area contributed by atoms with Gasteiger partial charge in [-0.2, -0.15) is 10.2 Å². The summed E-state index contributed by atoms with van der Waals surface area (Å²) >= 11 is 3.59. The van der Waals surface area contributed by atoms with Crippen LogP contribution in [0.25, 0.3) is 17.0 Å². The molecule has 6 nitrogen and oxygen atoms in total. The molecule has 1 aromatic heterocycles. The molecule has 0 bridgehead atoms. The maximum absolute atomic E-state index is 4.73. The van der Waals surface area contributed by atoms with Crippen LogP contribution in [0.15, 0.2) is 83.5 Å². The number of aromatic amines is 1. The Kier molecular flexibility index (Phi) is 6.39. The highest BCUT2D eigenvalue weighted by molar-refractivity contribution is 9.09. The number of benzene rings is 1. The van der Waals surface area contributed by atoms with Crippen LogP contribution < -0.4 is 10.7 Å². The topological polar surface area (TPSA) is 78.0 Å². The van der Waals surface area contributed by atoms with E-state index in [1.807, 2.05) is 36.6 Å².